The van der Waals surface area contributed by atoms with Crippen LogP contribution in [0.5, 0.6) is 5.75 Å². The fourth-order valence-corrected chi connectivity index (χ4v) is 4.61. The maximum Gasteiger partial charge on any atom is 0.204 e. The molecule has 0 aromatic heterocycles. The van der Waals surface area contributed by atoms with Crippen molar-refractivity contribution in [2.24, 2.45) is 0 Å². The van der Waals surface area contributed by atoms with Crippen LogP contribution in [0.3, 0.4) is 0 Å². The standard InChI is InChI=1S/C27H8F12O/c1-40-27-25(38)21(34)17(22(35)26(27)39)14-13-8(3-2-4-9(13)28)12(7-5-10(29)18(31)11(30)6-7)15-16(14)20(33)24(37)23(36)19(15)32/h2-6H,1H3. The molecule has 5 aromatic rings. The average molecular weight is 576 g/mol. The first kappa shape index (κ1) is 27.2. The Hall–Kier alpha value is -4.42. The molecule has 5 rings (SSSR count). The topological polar surface area (TPSA) is 9.23 Å². The Labute approximate surface area is 214 Å². The Morgan fingerprint density at radius 2 is 0.950 bits per heavy atom. The zero-order valence-electron chi connectivity index (χ0n) is 19.3. The summed E-state index contributed by atoms with van der Waals surface area (Å²) in [4.78, 5) is 0. The molecule has 0 aliphatic carbocycles. The third-order valence-electron chi connectivity index (χ3n) is 6.25. The smallest absolute Gasteiger partial charge is 0.204 e. The fourth-order valence-electron chi connectivity index (χ4n) is 4.61. The summed E-state index contributed by atoms with van der Waals surface area (Å²) >= 11 is 0. The SMILES string of the molecule is COc1c(F)c(F)c(-c2c3c(F)cccc3c(-c3cc(F)c(F)c(F)c3)c3c(F)c(F)c(F)c(F)c23)c(F)c1F. The number of ether oxygens (including phenoxy) is 1. The van der Waals surface area contributed by atoms with Gasteiger partial charge in [0.25, 0.3) is 0 Å². The molecule has 0 saturated carbocycles. The van der Waals surface area contributed by atoms with Crippen LogP contribution in [-0.4, -0.2) is 7.11 Å². The van der Waals surface area contributed by atoms with Gasteiger partial charge < -0.3 is 4.74 Å². The quantitative estimate of drug-likeness (QED) is 0.0902. The number of rotatable bonds is 3. The first-order valence-corrected chi connectivity index (χ1v) is 10.8. The molecular formula is C27H8F12O. The van der Waals surface area contributed by atoms with Crippen LogP contribution in [0.2, 0.25) is 0 Å². The van der Waals surface area contributed by atoms with Crippen LogP contribution < -0.4 is 4.74 Å². The Bertz CT molecular complexity index is 1860. The zero-order chi connectivity index (χ0) is 29.4. The number of fused-ring (bicyclic) bond motifs is 2. The Balaban J connectivity index is 2.19. The number of hydrogen-bond donors (Lipinski definition) is 0. The molecule has 0 aliphatic heterocycles. The highest BCUT2D eigenvalue weighted by molar-refractivity contribution is 6.22. The molecule has 0 aliphatic rings. The molecule has 1 nitrogen and oxygen atoms in total. The van der Waals surface area contributed by atoms with Gasteiger partial charge in [0.15, 0.2) is 58.1 Å². The van der Waals surface area contributed by atoms with Crippen LogP contribution in [0.4, 0.5) is 52.7 Å². The van der Waals surface area contributed by atoms with Gasteiger partial charge in [0, 0.05) is 27.3 Å². The summed E-state index contributed by atoms with van der Waals surface area (Å²) in [7, 11) is 0.632. The van der Waals surface area contributed by atoms with E-state index in [0.29, 0.717) is 13.2 Å². The molecular weight excluding hydrogens is 568 g/mol. The zero-order valence-corrected chi connectivity index (χ0v) is 19.3. The van der Waals surface area contributed by atoms with Gasteiger partial charge in [-0.25, -0.2) is 43.9 Å². The van der Waals surface area contributed by atoms with Crippen molar-refractivity contribution in [2.45, 2.75) is 0 Å². The third kappa shape index (κ3) is 3.59. The predicted octanol–water partition coefficient (Wildman–Crippen LogP) is 9.00. The highest BCUT2D eigenvalue weighted by Crippen LogP contribution is 2.49. The van der Waals surface area contributed by atoms with E-state index < -0.39 is 119 Å². The summed E-state index contributed by atoms with van der Waals surface area (Å²) < 4.78 is 181. The Kier molecular flexibility index (Phi) is 6.35. The minimum absolute atomic E-state index is 0.226. The summed E-state index contributed by atoms with van der Waals surface area (Å²) in [5, 5.41) is -5.05. The van der Waals surface area contributed by atoms with Crippen molar-refractivity contribution in [1.29, 1.82) is 0 Å². The molecule has 13 heteroatoms. The molecule has 0 saturated heterocycles. The van der Waals surface area contributed by atoms with Crippen molar-refractivity contribution in [3.8, 4) is 28.0 Å². The minimum atomic E-state index is -2.58. The third-order valence-corrected chi connectivity index (χ3v) is 6.25. The lowest BCUT2D eigenvalue weighted by Gasteiger charge is -2.21. The van der Waals surface area contributed by atoms with E-state index in [1.807, 2.05) is 0 Å². The van der Waals surface area contributed by atoms with E-state index in [1.54, 1.807) is 0 Å². The van der Waals surface area contributed by atoms with E-state index in [4.69, 9.17) is 0 Å². The van der Waals surface area contributed by atoms with Gasteiger partial charge in [-0.2, -0.15) is 8.78 Å². The van der Waals surface area contributed by atoms with Crippen LogP contribution in [0.1, 0.15) is 0 Å². The number of methoxy groups -OCH3 is 1. The number of benzene rings is 5. The second-order valence-corrected chi connectivity index (χ2v) is 8.34. The van der Waals surface area contributed by atoms with Crippen LogP contribution in [0.25, 0.3) is 43.8 Å². The largest absolute Gasteiger partial charge is 0.491 e. The van der Waals surface area contributed by atoms with E-state index in [0.717, 1.165) is 12.1 Å². The highest BCUT2D eigenvalue weighted by Gasteiger charge is 2.35. The molecule has 5 aromatic carbocycles. The molecule has 0 unspecified atom stereocenters. The lowest BCUT2D eigenvalue weighted by atomic mass is 9.84. The Morgan fingerprint density at radius 3 is 1.45 bits per heavy atom. The average Bonchev–Trinajstić information content (AvgIpc) is 2.92. The summed E-state index contributed by atoms with van der Waals surface area (Å²) in [6, 6.07) is 2.75. The summed E-state index contributed by atoms with van der Waals surface area (Å²) in [6.45, 7) is 0. The van der Waals surface area contributed by atoms with E-state index in [1.165, 1.54) is 0 Å². The molecule has 0 fully saturated rings. The molecule has 0 N–H and O–H groups in total. The van der Waals surface area contributed by atoms with Gasteiger partial charge in [-0.05, 0) is 29.1 Å². The van der Waals surface area contributed by atoms with Gasteiger partial charge in [0.2, 0.25) is 11.6 Å². The molecule has 206 valence electrons. The molecule has 40 heavy (non-hydrogen) atoms. The molecule has 0 amide bonds. The van der Waals surface area contributed by atoms with Crippen molar-refractivity contribution < 1.29 is 57.4 Å². The number of hydrogen-bond acceptors (Lipinski definition) is 1. The molecule has 0 spiro atoms. The molecule has 0 atom stereocenters. The normalized spacial score (nSPS) is 11.6. The van der Waals surface area contributed by atoms with Gasteiger partial charge >= 0.3 is 0 Å². The van der Waals surface area contributed by atoms with Crippen molar-refractivity contribution in [2.75, 3.05) is 7.11 Å². The monoisotopic (exact) mass is 576 g/mol. The van der Waals surface area contributed by atoms with Crippen LogP contribution in [-0.2, 0) is 0 Å². The van der Waals surface area contributed by atoms with Crippen LogP contribution in [0.15, 0.2) is 30.3 Å². The van der Waals surface area contributed by atoms with Crippen LogP contribution >= 0.6 is 0 Å². The fraction of sp³-hybridized carbons (Fsp3) is 0.0370. The minimum Gasteiger partial charge on any atom is -0.491 e. The maximum absolute atomic E-state index is 15.4. The van der Waals surface area contributed by atoms with Gasteiger partial charge in [-0.1, -0.05) is 12.1 Å². The lowest BCUT2D eigenvalue weighted by molar-refractivity contribution is 0.334. The lowest BCUT2D eigenvalue weighted by Crippen LogP contribution is -2.08. The van der Waals surface area contributed by atoms with E-state index in [9.17, 15) is 30.7 Å². The van der Waals surface area contributed by atoms with Crippen molar-refractivity contribution in [1.82, 2.24) is 0 Å². The van der Waals surface area contributed by atoms with Gasteiger partial charge in [0.1, 0.15) is 5.82 Å². The van der Waals surface area contributed by atoms with Crippen molar-refractivity contribution >= 4 is 21.5 Å². The predicted molar refractivity (Wildman–Crippen MR) is 118 cm³/mol. The highest BCUT2D eigenvalue weighted by atomic mass is 19.2. The van der Waals surface area contributed by atoms with Crippen LogP contribution in [0, 0.1) is 69.8 Å². The first-order chi connectivity index (χ1) is 18.8. The molecule has 0 radical (unpaired) electrons. The van der Waals surface area contributed by atoms with Gasteiger partial charge in [-0.15, -0.1) is 0 Å². The van der Waals surface area contributed by atoms with Gasteiger partial charge in [0.05, 0.1) is 12.7 Å². The summed E-state index contributed by atoms with van der Waals surface area (Å²) in [5.74, 6) is -27.8. The number of halogens is 12. The first-order valence-electron chi connectivity index (χ1n) is 10.8. The molecule has 0 bridgehead atoms. The second-order valence-electron chi connectivity index (χ2n) is 8.34. The van der Waals surface area contributed by atoms with Crippen molar-refractivity contribution in [3.63, 3.8) is 0 Å². The van der Waals surface area contributed by atoms with E-state index >= 15 is 22.0 Å². The van der Waals surface area contributed by atoms with E-state index in [-0.39, 0.29) is 12.1 Å². The summed E-state index contributed by atoms with van der Waals surface area (Å²) in [5.41, 5.74) is -5.23. The Morgan fingerprint density at radius 1 is 0.450 bits per heavy atom. The second kappa shape index (κ2) is 9.35. The maximum atomic E-state index is 15.4. The van der Waals surface area contributed by atoms with Crippen molar-refractivity contribution in [3.05, 3.63) is 100 Å². The van der Waals surface area contributed by atoms with E-state index in [2.05, 4.69) is 4.74 Å². The van der Waals surface area contributed by atoms with Gasteiger partial charge in [-0.3, -0.25) is 0 Å². The molecule has 0 heterocycles. The summed E-state index contributed by atoms with van der Waals surface area (Å²) in [6.07, 6.45) is 0.